The summed E-state index contributed by atoms with van der Waals surface area (Å²) in [7, 11) is 0. The van der Waals surface area contributed by atoms with Crippen LogP contribution in [-0.2, 0) is 6.42 Å². The number of halogens is 1. The first-order valence-corrected chi connectivity index (χ1v) is 6.33. The minimum absolute atomic E-state index is 0.150. The van der Waals surface area contributed by atoms with Gasteiger partial charge in [-0.25, -0.2) is 0 Å². The molecule has 1 rings (SSSR count). The summed E-state index contributed by atoms with van der Waals surface area (Å²) in [5.74, 6) is 0.760. The van der Waals surface area contributed by atoms with Gasteiger partial charge in [-0.1, -0.05) is 42.8 Å². The number of rotatable bonds is 6. The molecule has 94 valence electrons. The molecular formula is C14H20ClNO. The van der Waals surface area contributed by atoms with Gasteiger partial charge < -0.3 is 10.5 Å². The minimum Gasteiger partial charge on any atom is -0.488 e. The molecule has 0 bridgehead atoms. The van der Waals surface area contributed by atoms with E-state index in [1.54, 1.807) is 0 Å². The van der Waals surface area contributed by atoms with E-state index in [0.29, 0.717) is 11.6 Å². The highest BCUT2D eigenvalue weighted by Crippen LogP contribution is 2.29. The first-order chi connectivity index (χ1) is 8.19. The van der Waals surface area contributed by atoms with E-state index in [4.69, 9.17) is 22.1 Å². The topological polar surface area (TPSA) is 35.2 Å². The van der Waals surface area contributed by atoms with E-state index in [1.807, 2.05) is 37.3 Å². The van der Waals surface area contributed by atoms with Gasteiger partial charge in [-0.3, -0.25) is 0 Å². The fourth-order valence-electron chi connectivity index (χ4n) is 1.53. The predicted molar refractivity (Wildman–Crippen MR) is 73.7 cm³/mol. The van der Waals surface area contributed by atoms with Crippen molar-refractivity contribution < 1.29 is 4.74 Å². The third-order valence-corrected chi connectivity index (χ3v) is 2.91. The van der Waals surface area contributed by atoms with Crippen LogP contribution in [0.25, 0.3) is 0 Å². The van der Waals surface area contributed by atoms with E-state index in [1.165, 1.54) is 0 Å². The van der Waals surface area contributed by atoms with Gasteiger partial charge in [0.25, 0.3) is 0 Å². The van der Waals surface area contributed by atoms with Crippen LogP contribution in [0.1, 0.15) is 25.8 Å². The van der Waals surface area contributed by atoms with E-state index in [-0.39, 0.29) is 6.04 Å². The Hall–Kier alpha value is -0.990. The highest BCUT2D eigenvalue weighted by atomic mass is 35.5. The first kappa shape index (κ1) is 14.1. The van der Waals surface area contributed by atoms with Crippen LogP contribution in [0.4, 0.5) is 0 Å². The number of nitrogens with two attached hydrogens (primary N) is 1. The molecule has 0 radical (unpaired) electrons. The Morgan fingerprint density at radius 1 is 1.47 bits per heavy atom. The Morgan fingerprint density at radius 2 is 2.24 bits per heavy atom. The zero-order valence-corrected chi connectivity index (χ0v) is 11.2. The van der Waals surface area contributed by atoms with Gasteiger partial charge in [0.1, 0.15) is 12.4 Å². The van der Waals surface area contributed by atoms with E-state index < -0.39 is 0 Å². The Kier molecular flexibility index (Phi) is 6.09. The van der Waals surface area contributed by atoms with Crippen LogP contribution in [0.15, 0.2) is 30.4 Å². The zero-order chi connectivity index (χ0) is 12.7. The molecule has 1 aromatic rings. The quantitative estimate of drug-likeness (QED) is 0.787. The Balaban J connectivity index is 2.83. The summed E-state index contributed by atoms with van der Waals surface area (Å²) in [6.45, 7) is 4.58. The molecule has 0 fully saturated rings. The molecule has 17 heavy (non-hydrogen) atoms. The van der Waals surface area contributed by atoms with Gasteiger partial charge in [0.05, 0.1) is 5.02 Å². The molecule has 1 aromatic carbocycles. The lowest BCUT2D eigenvalue weighted by Gasteiger charge is -2.14. The summed E-state index contributed by atoms with van der Waals surface area (Å²) in [6.07, 6.45) is 5.64. The van der Waals surface area contributed by atoms with Gasteiger partial charge in [0.15, 0.2) is 0 Å². The van der Waals surface area contributed by atoms with E-state index in [0.717, 1.165) is 24.2 Å². The number of ether oxygens (including phenoxy) is 1. The number of para-hydroxylation sites is 1. The maximum atomic E-state index is 6.15. The van der Waals surface area contributed by atoms with Crippen LogP contribution in [0.3, 0.4) is 0 Å². The largest absolute Gasteiger partial charge is 0.488 e. The SMILES string of the molecule is C/C=C/COc1c(Cl)cccc1CC(N)CC. The molecule has 0 aliphatic rings. The number of hydrogen-bond donors (Lipinski definition) is 1. The average molecular weight is 254 g/mol. The molecule has 0 aromatic heterocycles. The summed E-state index contributed by atoms with van der Waals surface area (Å²) >= 11 is 6.15. The number of allylic oxidation sites excluding steroid dienone is 1. The molecular weight excluding hydrogens is 234 g/mol. The minimum atomic E-state index is 0.150. The van der Waals surface area contributed by atoms with Crippen LogP contribution in [0, 0.1) is 0 Å². The van der Waals surface area contributed by atoms with Crippen molar-refractivity contribution >= 4 is 11.6 Å². The maximum absolute atomic E-state index is 6.15. The van der Waals surface area contributed by atoms with Crippen molar-refractivity contribution in [1.29, 1.82) is 0 Å². The molecule has 0 amide bonds. The van der Waals surface area contributed by atoms with Gasteiger partial charge in [-0.2, -0.15) is 0 Å². The van der Waals surface area contributed by atoms with Crippen LogP contribution in [0.5, 0.6) is 5.75 Å². The van der Waals surface area contributed by atoms with Crippen molar-refractivity contribution in [2.75, 3.05) is 6.61 Å². The fraction of sp³-hybridized carbons (Fsp3) is 0.429. The molecule has 1 unspecified atom stereocenters. The Morgan fingerprint density at radius 3 is 2.88 bits per heavy atom. The number of hydrogen-bond acceptors (Lipinski definition) is 2. The van der Waals surface area contributed by atoms with E-state index in [9.17, 15) is 0 Å². The third kappa shape index (κ3) is 4.41. The van der Waals surface area contributed by atoms with Crippen LogP contribution >= 0.6 is 11.6 Å². The van der Waals surface area contributed by atoms with Crippen molar-refractivity contribution in [2.24, 2.45) is 5.73 Å². The Labute approximate surface area is 108 Å². The number of benzene rings is 1. The van der Waals surface area contributed by atoms with Gasteiger partial charge in [-0.15, -0.1) is 0 Å². The highest BCUT2D eigenvalue weighted by molar-refractivity contribution is 6.32. The zero-order valence-electron chi connectivity index (χ0n) is 10.4. The van der Waals surface area contributed by atoms with Gasteiger partial charge in [0.2, 0.25) is 0 Å². The van der Waals surface area contributed by atoms with Gasteiger partial charge >= 0.3 is 0 Å². The molecule has 0 heterocycles. The van der Waals surface area contributed by atoms with Crippen LogP contribution in [0.2, 0.25) is 5.02 Å². The van der Waals surface area contributed by atoms with Crippen molar-refractivity contribution in [3.05, 3.63) is 40.9 Å². The average Bonchev–Trinajstić information content (AvgIpc) is 2.32. The smallest absolute Gasteiger partial charge is 0.141 e. The van der Waals surface area contributed by atoms with Crippen molar-refractivity contribution in [2.45, 2.75) is 32.7 Å². The van der Waals surface area contributed by atoms with Crippen molar-refractivity contribution in [1.82, 2.24) is 0 Å². The third-order valence-electron chi connectivity index (χ3n) is 2.61. The molecule has 3 heteroatoms. The second kappa shape index (κ2) is 7.36. The van der Waals surface area contributed by atoms with E-state index in [2.05, 4.69) is 6.92 Å². The molecule has 0 saturated carbocycles. The lowest BCUT2D eigenvalue weighted by molar-refractivity contribution is 0.357. The maximum Gasteiger partial charge on any atom is 0.141 e. The molecule has 2 nitrogen and oxygen atoms in total. The lowest BCUT2D eigenvalue weighted by Crippen LogP contribution is -2.21. The normalized spacial score (nSPS) is 12.9. The van der Waals surface area contributed by atoms with Crippen molar-refractivity contribution in [3.8, 4) is 5.75 Å². The molecule has 2 N–H and O–H groups in total. The fourth-order valence-corrected chi connectivity index (χ4v) is 1.78. The van der Waals surface area contributed by atoms with Crippen LogP contribution in [-0.4, -0.2) is 12.6 Å². The first-order valence-electron chi connectivity index (χ1n) is 5.96. The second-order valence-corrected chi connectivity index (χ2v) is 4.39. The van der Waals surface area contributed by atoms with Gasteiger partial charge in [0, 0.05) is 6.04 Å². The summed E-state index contributed by atoms with van der Waals surface area (Å²) in [5, 5.41) is 0.648. The van der Waals surface area contributed by atoms with Crippen LogP contribution < -0.4 is 10.5 Å². The van der Waals surface area contributed by atoms with Crippen molar-refractivity contribution in [3.63, 3.8) is 0 Å². The predicted octanol–water partition coefficient (Wildman–Crippen LogP) is 3.57. The summed E-state index contributed by atoms with van der Waals surface area (Å²) < 4.78 is 5.68. The highest BCUT2D eigenvalue weighted by Gasteiger charge is 2.10. The summed E-state index contributed by atoms with van der Waals surface area (Å²) in [5.41, 5.74) is 7.05. The van der Waals surface area contributed by atoms with E-state index >= 15 is 0 Å². The molecule has 0 aliphatic heterocycles. The molecule has 0 aliphatic carbocycles. The summed E-state index contributed by atoms with van der Waals surface area (Å²) in [4.78, 5) is 0. The standard InChI is InChI=1S/C14H20ClNO/c1-3-5-9-17-14-11(10-12(16)4-2)7-6-8-13(14)15/h3,5-8,12H,4,9-10,16H2,1-2H3/b5-3+. The molecule has 0 spiro atoms. The Bertz CT molecular complexity index is 376. The second-order valence-electron chi connectivity index (χ2n) is 3.98. The monoisotopic (exact) mass is 253 g/mol. The molecule has 0 saturated heterocycles. The van der Waals surface area contributed by atoms with Gasteiger partial charge in [-0.05, 0) is 31.4 Å². The lowest BCUT2D eigenvalue weighted by atomic mass is 10.0. The summed E-state index contributed by atoms with van der Waals surface area (Å²) in [6, 6.07) is 5.94. The molecule has 1 atom stereocenters.